The molecule has 0 saturated heterocycles. The molecule has 1 heteroatoms. The van der Waals surface area contributed by atoms with Crippen molar-refractivity contribution in [3.63, 3.8) is 0 Å². The van der Waals surface area contributed by atoms with E-state index >= 15 is 0 Å². The van der Waals surface area contributed by atoms with Gasteiger partial charge in [-0.15, -0.1) is 0 Å². The Kier molecular flexibility index (Phi) is 6.22. The monoisotopic (exact) mass is 542 g/mol. The molecule has 0 atom stereocenters. The van der Waals surface area contributed by atoms with Crippen molar-refractivity contribution in [3.8, 4) is 11.1 Å². The summed E-state index contributed by atoms with van der Waals surface area (Å²) in [7, 11) is 0. The van der Waals surface area contributed by atoms with Crippen LogP contribution in [0.2, 0.25) is 0 Å². The summed E-state index contributed by atoms with van der Waals surface area (Å²) in [5, 5.41) is 0. The maximum absolute atomic E-state index is 2.58. The minimum atomic E-state index is -2.58. The third-order valence-corrected chi connectivity index (χ3v) is 16.0. The van der Waals surface area contributed by atoms with Crippen LogP contribution in [0.3, 0.4) is 0 Å². The summed E-state index contributed by atoms with van der Waals surface area (Å²) in [4.78, 5) is 0. The molecule has 0 N–H and O–H groups in total. The van der Waals surface area contributed by atoms with Crippen molar-refractivity contribution >= 4 is 3.21 Å². The fourth-order valence-electron chi connectivity index (χ4n) is 6.23. The van der Waals surface area contributed by atoms with E-state index in [9.17, 15) is 0 Å². The van der Waals surface area contributed by atoms with Crippen molar-refractivity contribution in [1.29, 1.82) is 0 Å². The van der Waals surface area contributed by atoms with E-state index in [1.165, 1.54) is 55.6 Å². The van der Waals surface area contributed by atoms with Crippen LogP contribution in [0.15, 0.2) is 106 Å². The van der Waals surface area contributed by atoms with E-state index in [1.807, 2.05) is 0 Å². The van der Waals surface area contributed by atoms with Gasteiger partial charge in [0.05, 0.1) is 0 Å². The summed E-state index contributed by atoms with van der Waals surface area (Å²) in [6.45, 7) is 9.04. The SMILES string of the molecule is Cc1ccc([C](c2ccc(C)cc2C)=[Zr]([C]2=CC=CC2)[CH]2c3ccccc3-c3ccccc32)c(C)c1. The van der Waals surface area contributed by atoms with Gasteiger partial charge in [-0.05, 0) is 0 Å². The molecule has 36 heavy (non-hydrogen) atoms. The Morgan fingerprint density at radius 3 is 1.67 bits per heavy atom. The first-order valence-electron chi connectivity index (χ1n) is 13.0. The number of aryl methyl sites for hydroxylation is 4. The van der Waals surface area contributed by atoms with Crippen molar-refractivity contribution in [2.75, 3.05) is 0 Å². The molecular formula is C35H32Zr. The predicted octanol–water partition coefficient (Wildman–Crippen LogP) is 8.72. The van der Waals surface area contributed by atoms with Crippen molar-refractivity contribution in [2.24, 2.45) is 0 Å². The van der Waals surface area contributed by atoms with Gasteiger partial charge in [0.25, 0.3) is 0 Å². The molecule has 0 saturated carbocycles. The zero-order chi connectivity index (χ0) is 24.8. The molecule has 0 bridgehead atoms. The summed E-state index contributed by atoms with van der Waals surface area (Å²) in [6.07, 6.45) is 8.22. The molecular weight excluding hydrogens is 512 g/mol. The van der Waals surface area contributed by atoms with E-state index in [1.54, 1.807) is 6.49 Å². The Bertz CT molecular complexity index is 1500. The zero-order valence-electron chi connectivity index (χ0n) is 21.6. The normalized spacial score (nSPS) is 13.9. The quantitative estimate of drug-likeness (QED) is 0.241. The van der Waals surface area contributed by atoms with E-state index < -0.39 is 21.3 Å². The average molecular weight is 544 g/mol. The van der Waals surface area contributed by atoms with E-state index in [2.05, 4.69) is 131 Å². The molecule has 0 spiro atoms. The molecule has 0 unspecified atom stereocenters. The van der Waals surface area contributed by atoms with Crippen LogP contribution in [0, 0.1) is 27.7 Å². The first kappa shape index (κ1) is 23.5. The van der Waals surface area contributed by atoms with E-state index in [0.29, 0.717) is 3.63 Å². The molecule has 4 aromatic rings. The third-order valence-electron chi connectivity index (χ3n) is 7.81. The fourth-order valence-corrected chi connectivity index (χ4v) is 15.7. The number of hydrogen-bond donors (Lipinski definition) is 0. The zero-order valence-corrected chi connectivity index (χ0v) is 24.1. The van der Waals surface area contributed by atoms with Crippen molar-refractivity contribution < 1.29 is 21.3 Å². The van der Waals surface area contributed by atoms with Crippen LogP contribution in [0.1, 0.15) is 54.6 Å². The van der Waals surface area contributed by atoms with Crippen molar-refractivity contribution in [2.45, 2.75) is 37.7 Å². The first-order valence-corrected chi connectivity index (χ1v) is 16.8. The van der Waals surface area contributed by atoms with Crippen LogP contribution in [0.4, 0.5) is 0 Å². The molecule has 0 aliphatic heterocycles. The van der Waals surface area contributed by atoms with Gasteiger partial charge < -0.3 is 0 Å². The third kappa shape index (κ3) is 3.99. The maximum atomic E-state index is 2.46. The number of rotatable bonds is 4. The first-order chi connectivity index (χ1) is 17.5. The Morgan fingerprint density at radius 2 is 1.19 bits per heavy atom. The van der Waals surface area contributed by atoms with Gasteiger partial charge in [-0.2, -0.15) is 0 Å². The fraction of sp³-hybridized carbons (Fsp3) is 0.171. The average Bonchev–Trinajstić information content (AvgIpc) is 3.51. The second kappa shape index (κ2) is 9.53. The Balaban J connectivity index is 1.76. The Labute approximate surface area is 223 Å². The molecule has 0 radical (unpaired) electrons. The molecule has 2 aliphatic rings. The van der Waals surface area contributed by atoms with E-state index in [-0.39, 0.29) is 0 Å². The van der Waals surface area contributed by atoms with Gasteiger partial charge in [0.15, 0.2) is 0 Å². The van der Waals surface area contributed by atoms with Crippen LogP contribution in [-0.4, -0.2) is 3.21 Å². The molecule has 0 heterocycles. The summed E-state index contributed by atoms with van der Waals surface area (Å²) in [6, 6.07) is 32.6. The van der Waals surface area contributed by atoms with Crippen LogP contribution in [0.25, 0.3) is 11.1 Å². The predicted molar refractivity (Wildman–Crippen MR) is 151 cm³/mol. The molecule has 176 valence electrons. The second-order valence-electron chi connectivity index (χ2n) is 10.4. The van der Waals surface area contributed by atoms with Gasteiger partial charge in [0, 0.05) is 0 Å². The minimum absolute atomic E-state index is 0.474. The van der Waals surface area contributed by atoms with Gasteiger partial charge in [-0.3, -0.25) is 0 Å². The summed E-state index contributed by atoms with van der Waals surface area (Å²) >= 11 is -2.58. The molecule has 0 fully saturated rings. The van der Waals surface area contributed by atoms with Crippen molar-refractivity contribution in [1.82, 2.24) is 0 Å². The van der Waals surface area contributed by atoms with Crippen molar-refractivity contribution in [3.05, 3.63) is 151 Å². The molecule has 4 aromatic carbocycles. The van der Waals surface area contributed by atoms with Gasteiger partial charge >= 0.3 is 224 Å². The van der Waals surface area contributed by atoms with E-state index in [0.717, 1.165) is 6.42 Å². The molecule has 0 amide bonds. The van der Waals surface area contributed by atoms with E-state index in [4.69, 9.17) is 0 Å². The van der Waals surface area contributed by atoms with Crippen LogP contribution in [-0.2, 0) is 21.3 Å². The topological polar surface area (TPSA) is 0 Å². The second-order valence-corrected chi connectivity index (χ2v) is 16.6. The van der Waals surface area contributed by atoms with Crippen LogP contribution in [0.5, 0.6) is 0 Å². The standard InChI is InChI=1S/C17H18.C13H9.C5H5.Zr/c1-12-5-7-16(14(3)9-12)11-17-8-6-13(2)10-15(17)4;1-3-7-12-10(5-1)9-11-6-2-4-8-13(11)12;1-2-4-5-3-1;/h5-10H,1-4H3;1-9H;1-3H,4H2;. The number of fused-ring (bicyclic) bond motifs is 3. The van der Waals surface area contributed by atoms with Gasteiger partial charge in [-0.1, -0.05) is 0 Å². The van der Waals surface area contributed by atoms with Gasteiger partial charge in [0.2, 0.25) is 0 Å². The number of allylic oxidation sites excluding steroid dienone is 4. The van der Waals surface area contributed by atoms with Gasteiger partial charge in [0.1, 0.15) is 0 Å². The Morgan fingerprint density at radius 1 is 0.667 bits per heavy atom. The molecule has 0 aromatic heterocycles. The van der Waals surface area contributed by atoms with Gasteiger partial charge in [-0.25, -0.2) is 0 Å². The molecule has 2 aliphatic carbocycles. The van der Waals surface area contributed by atoms with Crippen LogP contribution >= 0.6 is 0 Å². The molecule has 6 rings (SSSR count). The number of hydrogen-bond acceptors (Lipinski definition) is 0. The summed E-state index contributed by atoms with van der Waals surface area (Å²) < 4.78 is 3.82. The van der Waals surface area contributed by atoms with Crippen LogP contribution < -0.4 is 0 Å². The Hall–Kier alpha value is -2.89. The number of benzene rings is 4. The summed E-state index contributed by atoms with van der Waals surface area (Å²) in [5.74, 6) is 0. The molecule has 0 nitrogen and oxygen atoms in total. The summed E-state index contributed by atoms with van der Waals surface area (Å²) in [5.41, 5.74) is 14.3.